The van der Waals surface area contributed by atoms with E-state index in [4.69, 9.17) is 9.41 Å². The quantitative estimate of drug-likeness (QED) is 0.298. The molecule has 1 aromatic heterocycles. The number of guanidine groups is 1. The van der Waals surface area contributed by atoms with Crippen LogP contribution in [0.25, 0.3) is 0 Å². The number of likely N-dealkylation sites (tertiary alicyclic amines) is 1. The average molecular weight is 474 g/mol. The van der Waals surface area contributed by atoms with Crippen molar-refractivity contribution in [2.45, 2.75) is 45.4 Å². The van der Waals surface area contributed by atoms with Gasteiger partial charge in [0.25, 0.3) is 5.91 Å². The van der Waals surface area contributed by atoms with Crippen LogP contribution in [0.5, 0.6) is 0 Å². The largest absolute Gasteiger partial charge is 0.459 e. The van der Waals surface area contributed by atoms with Crippen molar-refractivity contribution in [3.8, 4) is 0 Å². The van der Waals surface area contributed by atoms with Gasteiger partial charge in [0.1, 0.15) is 0 Å². The van der Waals surface area contributed by atoms with Crippen molar-refractivity contribution in [1.82, 2.24) is 15.5 Å². The number of hydrogen-bond acceptors (Lipinski definition) is 3. The number of amides is 1. The van der Waals surface area contributed by atoms with Crippen LogP contribution in [0, 0.1) is 5.41 Å². The van der Waals surface area contributed by atoms with Gasteiger partial charge in [0.2, 0.25) is 0 Å². The lowest BCUT2D eigenvalue weighted by Crippen LogP contribution is -2.42. The lowest BCUT2D eigenvalue weighted by Gasteiger charge is -2.33. The highest BCUT2D eigenvalue weighted by Crippen LogP contribution is 2.43. The number of nitrogens with one attached hydrogen (secondary N) is 2. The average Bonchev–Trinajstić information content (AvgIpc) is 3.29. The Morgan fingerprint density at radius 3 is 2.77 bits per heavy atom. The molecule has 1 aromatic rings. The van der Waals surface area contributed by atoms with Gasteiger partial charge in [-0.3, -0.25) is 9.79 Å². The molecular formula is C19H31IN4O2. The number of aliphatic imine (C=N–C) groups is 1. The smallest absolute Gasteiger partial charge is 0.287 e. The Morgan fingerprint density at radius 2 is 2.08 bits per heavy atom. The molecule has 0 atom stereocenters. The second kappa shape index (κ2) is 10.2. The summed E-state index contributed by atoms with van der Waals surface area (Å²) in [6.45, 7) is 6.25. The number of hydrogen-bond donors (Lipinski definition) is 2. The minimum absolute atomic E-state index is 0. The van der Waals surface area contributed by atoms with E-state index in [1.165, 1.54) is 44.8 Å². The van der Waals surface area contributed by atoms with Crippen LogP contribution in [0.1, 0.15) is 56.0 Å². The summed E-state index contributed by atoms with van der Waals surface area (Å²) in [7, 11) is 0. The lowest BCUT2D eigenvalue weighted by atomic mass is 9.73. The third-order valence-electron chi connectivity index (χ3n) is 5.39. The summed E-state index contributed by atoms with van der Waals surface area (Å²) in [5.41, 5.74) is 0.516. The first-order valence-electron chi connectivity index (χ1n) is 9.57. The van der Waals surface area contributed by atoms with E-state index in [0.29, 0.717) is 24.3 Å². The van der Waals surface area contributed by atoms with Gasteiger partial charge in [-0.15, -0.1) is 24.0 Å². The fourth-order valence-electron chi connectivity index (χ4n) is 4.08. The number of carbonyl (C=O) groups is 1. The zero-order chi connectivity index (χ0) is 17.5. The summed E-state index contributed by atoms with van der Waals surface area (Å²) in [5, 5.41) is 6.25. The molecule has 0 aromatic carbocycles. The Bertz CT molecular complexity index is 582. The van der Waals surface area contributed by atoms with Gasteiger partial charge in [-0.1, -0.05) is 19.3 Å². The predicted octanol–water partition coefficient (Wildman–Crippen LogP) is 3.25. The van der Waals surface area contributed by atoms with Crippen LogP contribution in [0.2, 0.25) is 0 Å². The number of rotatable bonds is 5. The summed E-state index contributed by atoms with van der Waals surface area (Å²) in [5.74, 6) is 1.14. The van der Waals surface area contributed by atoms with Crippen molar-refractivity contribution in [3.63, 3.8) is 0 Å². The standard InChI is InChI=1S/C19H30N4O2.HI/c1-2-20-18(22-12-11-21-17(24)16-7-6-14-25-16)23-13-10-19(15-23)8-4-3-5-9-19;/h6-7,14H,2-5,8-13,15H2,1H3,(H,20,22)(H,21,24);1H. The molecule has 1 aliphatic carbocycles. The first-order chi connectivity index (χ1) is 12.2. The SMILES string of the molecule is CCNC(=NCCNC(=O)c1ccco1)N1CCC2(CCCCC2)C1.I. The van der Waals surface area contributed by atoms with E-state index in [-0.39, 0.29) is 29.9 Å². The molecule has 0 bridgehead atoms. The van der Waals surface area contributed by atoms with E-state index in [0.717, 1.165) is 25.6 Å². The molecule has 1 saturated heterocycles. The molecule has 2 fully saturated rings. The van der Waals surface area contributed by atoms with Gasteiger partial charge < -0.3 is 20.0 Å². The van der Waals surface area contributed by atoms with Gasteiger partial charge in [0.05, 0.1) is 12.8 Å². The Morgan fingerprint density at radius 1 is 1.27 bits per heavy atom. The summed E-state index contributed by atoms with van der Waals surface area (Å²) >= 11 is 0. The molecule has 2 heterocycles. The second-order valence-corrected chi connectivity index (χ2v) is 7.20. The molecule has 1 saturated carbocycles. The summed E-state index contributed by atoms with van der Waals surface area (Å²) in [6, 6.07) is 3.38. The molecule has 2 aliphatic rings. The Balaban J connectivity index is 0.00000243. The maximum Gasteiger partial charge on any atom is 0.287 e. The number of furan rings is 1. The van der Waals surface area contributed by atoms with Crippen LogP contribution in [-0.4, -0.2) is 49.5 Å². The first kappa shape index (κ1) is 21.1. The molecule has 1 spiro atoms. The van der Waals surface area contributed by atoms with E-state index in [9.17, 15) is 4.79 Å². The third-order valence-corrected chi connectivity index (χ3v) is 5.39. The molecule has 7 heteroatoms. The van der Waals surface area contributed by atoms with Crippen molar-refractivity contribution in [2.75, 3.05) is 32.7 Å². The zero-order valence-corrected chi connectivity index (χ0v) is 18.0. The highest BCUT2D eigenvalue weighted by Gasteiger charge is 2.39. The summed E-state index contributed by atoms with van der Waals surface area (Å²) in [4.78, 5) is 19.0. The van der Waals surface area contributed by atoms with Crippen molar-refractivity contribution in [1.29, 1.82) is 0 Å². The van der Waals surface area contributed by atoms with Crippen molar-refractivity contribution in [3.05, 3.63) is 24.2 Å². The van der Waals surface area contributed by atoms with Crippen molar-refractivity contribution in [2.24, 2.45) is 10.4 Å². The third kappa shape index (κ3) is 5.37. The van der Waals surface area contributed by atoms with E-state index in [1.807, 2.05) is 0 Å². The zero-order valence-electron chi connectivity index (χ0n) is 15.6. The van der Waals surface area contributed by atoms with Gasteiger partial charge in [-0.25, -0.2) is 0 Å². The van der Waals surface area contributed by atoms with Crippen LogP contribution in [0.4, 0.5) is 0 Å². The monoisotopic (exact) mass is 474 g/mol. The molecule has 6 nitrogen and oxygen atoms in total. The van der Waals surface area contributed by atoms with Crippen LogP contribution < -0.4 is 10.6 Å². The summed E-state index contributed by atoms with van der Waals surface area (Å²) in [6.07, 6.45) is 9.66. The number of nitrogens with zero attached hydrogens (tertiary/aromatic N) is 2. The molecule has 0 radical (unpaired) electrons. The maximum atomic E-state index is 11.9. The van der Waals surface area contributed by atoms with Crippen LogP contribution >= 0.6 is 24.0 Å². The van der Waals surface area contributed by atoms with Crippen molar-refractivity contribution >= 4 is 35.8 Å². The Kier molecular flexibility index (Phi) is 8.24. The maximum absolute atomic E-state index is 11.9. The minimum atomic E-state index is -0.187. The van der Waals surface area contributed by atoms with E-state index >= 15 is 0 Å². The molecule has 1 aliphatic heterocycles. The van der Waals surface area contributed by atoms with Gasteiger partial charge in [-0.2, -0.15) is 0 Å². The van der Waals surface area contributed by atoms with Gasteiger partial charge >= 0.3 is 0 Å². The molecule has 26 heavy (non-hydrogen) atoms. The van der Waals surface area contributed by atoms with Gasteiger partial charge in [0, 0.05) is 26.2 Å². The fourth-order valence-corrected chi connectivity index (χ4v) is 4.08. The molecule has 3 rings (SSSR count). The molecule has 146 valence electrons. The van der Waals surface area contributed by atoms with Crippen LogP contribution in [0.15, 0.2) is 27.8 Å². The predicted molar refractivity (Wildman–Crippen MR) is 114 cm³/mol. The van der Waals surface area contributed by atoms with Gasteiger partial charge in [-0.05, 0) is 43.7 Å². The highest BCUT2D eigenvalue weighted by molar-refractivity contribution is 14.0. The van der Waals surface area contributed by atoms with E-state index in [2.05, 4.69) is 22.5 Å². The summed E-state index contributed by atoms with van der Waals surface area (Å²) < 4.78 is 5.09. The van der Waals surface area contributed by atoms with Gasteiger partial charge in [0.15, 0.2) is 11.7 Å². The molecule has 2 N–H and O–H groups in total. The lowest BCUT2D eigenvalue weighted by molar-refractivity contribution is 0.0927. The normalized spacial score (nSPS) is 19.3. The Hall–Kier alpha value is -1.25. The number of halogens is 1. The van der Waals surface area contributed by atoms with E-state index < -0.39 is 0 Å². The fraction of sp³-hybridized carbons (Fsp3) is 0.684. The topological polar surface area (TPSA) is 69.9 Å². The Labute approximate surface area is 173 Å². The van der Waals surface area contributed by atoms with E-state index in [1.54, 1.807) is 12.1 Å². The molecular weight excluding hydrogens is 443 g/mol. The van der Waals surface area contributed by atoms with Crippen LogP contribution in [-0.2, 0) is 0 Å². The van der Waals surface area contributed by atoms with Crippen LogP contribution in [0.3, 0.4) is 0 Å². The molecule has 1 amide bonds. The number of carbonyl (C=O) groups excluding carboxylic acids is 1. The molecule has 0 unspecified atom stereocenters. The first-order valence-corrected chi connectivity index (χ1v) is 9.57. The van der Waals surface area contributed by atoms with Crippen molar-refractivity contribution < 1.29 is 9.21 Å². The second-order valence-electron chi connectivity index (χ2n) is 7.20. The highest BCUT2D eigenvalue weighted by atomic mass is 127. The minimum Gasteiger partial charge on any atom is -0.459 e.